The molecule has 3 nitrogen and oxygen atoms in total. The molecule has 0 radical (unpaired) electrons. The van der Waals surface area contributed by atoms with Crippen LogP contribution in [0, 0.1) is 0 Å². The molecule has 3 heteroatoms. The van der Waals surface area contributed by atoms with Crippen LogP contribution in [-0.4, -0.2) is 4.57 Å². The summed E-state index contributed by atoms with van der Waals surface area (Å²) in [6, 6.07) is 19.7. The molecular weight excluding hydrogens is 260 g/mol. The second kappa shape index (κ2) is 5.83. The first kappa shape index (κ1) is 13.4. The fourth-order valence-corrected chi connectivity index (χ4v) is 2.63. The van der Waals surface area contributed by atoms with Gasteiger partial charge < -0.3 is 5.73 Å². The second-order valence-corrected chi connectivity index (χ2v) is 5.20. The van der Waals surface area contributed by atoms with E-state index in [1.165, 1.54) is 5.56 Å². The van der Waals surface area contributed by atoms with Gasteiger partial charge in [-0.2, -0.15) is 0 Å². The summed E-state index contributed by atoms with van der Waals surface area (Å²) in [5.41, 5.74) is 7.31. The maximum Gasteiger partial charge on any atom is 0.259 e. The lowest BCUT2D eigenvalue weighted by Crippen LogP contribution is -2.23. The molecule has 21 heavy (non-hydrogen) atoms. The van der Waals surface area contributed by atoms with Crippen molar-refractivity contribution >= 4 is 16.6 Å². The van der Waals surface area contributed by atoms with E-state index in [1.807, 2.05) is 48.5 Å². The number of hydrogen-bond donors (Lipinski definition) is 1. The van der Waals surface area contributed by atoms with Crippen molar-refractivity contribution in [2.45, 2.75) is 19.4 Å². The van der Waals surface area contributed by atoms with E-state index < -0.39 is 0 Å². The number of nitrogen functional groups attached to an aromatic ring is 1. The summed E-state index contributed by atoms with van der Waals surface area (Å²) in [6.45, 7) is 0.643. The fraction of sp³-hybridized carbons (Fsp3) is 0.167. The number of nitrogens with zero attached hydrogens (tertiary/aromatic N) is 1. The van der Waals surface area contributed by atoms with Crippen LogP contribution in [0.1, 0.15) is 12.0 Å². The fourth-order valence-electron chi connectivity index (χ4n) is 2.63. The molecular formula is C18H18N2O. The zero-order valence-electron chi connectivity index (χ0n) is 11.8. The van der Waals surface area contributed by atoms with Gasteiger partial charge in [0.2, 0.25) is 0 Å². The van der Waals surface area contributed by atoms with E-state index in [4.69, 9.17) is 5.73 Å². The molecule has 1 aromatic heterocycles. The first-order chi connectivity index (χ1) is 10.3. The van der Waals surface area contributed by atoms with E-state index in [0.29, 0.717) is 12.4 Å². The van der Waals surface area contributed by atoms with Crippen molar-refractivity contribution in [1.82, 2.24) is 4.57 Å². The minimum absolute atomic E-state index is 0.00124. The van der Waals surface area contributed by atoms with Gasteiger partial charge in [-0.15, -0.1) is 0 Å². The van der Waals surface area contributed by atoms with Crippen LogP contribution in [-0.2, 0) is 13.0 Å². The molecule has 2 N–H and O–H groups in total. The highest BCUT2D eigenvalue weighted by Crippen LogP contribution is 2.14. The minimum Gasteiger partial charge on any atom is -0.385 e. The molecule has 0 saturated heterocycles. The average Bonchev–Trinajstić information content (AvgIpc) is 2.51. The van der Waals surface area contributed by atoms with Crippen molar-refractivity contribution < 1.29 is 0 Å². The second-order valence-electron chi connectivity index (χ2n) is 5.20. The lowest BCUT2D eigenvalue weighted by atomic mass is 10.1. The Morgan fingerprint density at radius 1 is 0.952 bits per heavy atom. The Morgan fingerprint density at radius 2 is 1.67 bits per heavy atom. The van der Waals surface area contributed by atoms with Gasteiger partial charge in [0.15, 0.2) is 0 Å². The first-order valence-electron chi connectivity index (χ1n) is 7.18. The summed E-state index contributed by atoms with van der Waals surface area (Å²) in [6.07, 6.45) is 1.84. The number of hydrogen-bond acceptors (Lipinski definition) is 2. The van der Waals surface area contributed by atoms with Crippen molar-refractivity contribution in [2.75, 3.05) is 5.73 Å². The smallest absolute Gasteiger partial charge is 0.259 e. The van der Waals surface area contributed by atoms with Gasteiger partial charge in [-0.3, -0.25) is 9.36 Å². The van der Waals surface area contributed by atoms with Crippen molar-refractivity contribution in [2.24, 2.45) is 0 Å². The summed E-state index contributed by atoms with van der Waals surface area (Å²) in [4.78, 5) is 12.5. The largest absolute Gasteiger partial charge is 0.385 e. The van der Waals surface area contributed by atoms with Crippen LogP contribution < -0.4 is 11.3 Å². The van der Waals surface area contributed by atoms with E-state index in [-0.39, 0.29) is 5.56 Å². The lowest BCUT2D eigenvalue weighted by Gasteiger charge is -2.11. The van der Waals surface area contributed by atoms with Crippen molar-refractivity contribution in [1.29, 1.82) is 0 Å². The molecule has 2 aromatic carbocycles. The third-order valence-corrected chi connectivity index (χ3v) is 3.74. The standard InChI is InChI=1S/C18H18N2O/c19-17-13-15-10-4-5-11-16(15)18(21)20(17)12-6-9-14-7-2-1-3-8-14/h1-5,7-8,10-11,13H,6,9,12,19H2. The molecule has 0 saturated carbocycles. The number of fused-ring (bicyclic) bond motifs is 1. The summed E-state index contributed by atoms with van der Waals surface area (Å²) in [5, 5.41) is 1.63. The number of benzene rings is 2. The highest BCUT2D eigenvalue weighted by atomic mass is 16.1. The third-order valence-electron chi connectivity index (χ3n) is 3.74. The summed E-state index contributed by atoms with van der Waals surface area (Å²) < 4.78 is 1.67. The van der Waals surface area contributed by atoms with Crippen LogP contribution >= 0.6 is 0 Å². The molecule has 0 bridgehead atoms. The highest BCUT2D eigenvalue weighted by Gasteiger charge is 2.06. The maximum atomic E-state index is 12.5. The first-order valence-corrected chi connectivity index (χ1v) is 7.18. The lowest BCUT2D eigenvalue weighted by molar-refractivity contribution is 0.634. The molecule has 0 aliphatic carbocycles. The SMILES string of the molecule is Nc1cc2ccccc2c(=O)n1CCCc1ccccc1. The third kappa shape index (κ3) is 2.82. The molecule has 106 valence electrons. The molecule has 0 spiro atoms. The van der Waals surface area contributed by atoms with Crippen LogP contribution in [0.2, 0.25) is 0 Å². The number of anilines is 1. The van der Waals surface area contributed by atoms with Gasteiger partial charge in [-0.25, -0.2) is 0 Å². The number of aryl methyl sites for hydroxylation is 1. The van der Waals surface area contributed by atoms with E-state index in [1.54, 1.807) is 4.57 Å². The maximum absolute atomic E-state index is 12.5. The highest BCUT2D eigenvalue weighted by molar-refractivity contribution is 5.83. The Balaban J connectivity index is 1.82. The molecule has 0 atom stereocenters. The van der Waals surface area contributed by atoms with Gasteiger partial charge >= 0.3 is 0 Å². The zero-order valence-corrected chi connectivity index (χ0v) is 11.8. The molecule has 0 amide bonds. The molecule has 3 rings (SSSR count). The quantitative estimate of drug-likeness (QED) is 0.796. The van der Waals surface area contributed by atoms with E-state index >= 15 is 0 Å². The minimum atomic E-state index is -0.00124. The van der Waals surface area contributed by atoms with Crippen LogP contribution in [0.4, 0.5) is 5.82 Å². The number of pyridine rings is 1. The van der Waals surface area contributed by atoms with Crippen LogP contribution in [0.15, 0.2) is 65.5 Å². The summed E-state index contributed by atoms with van der Waals surface area (Å²) in [7, 11) is 0. The van der Waals surface area contributed by atoms with Crippen molar-refractivity contribution in [3.63, 3.8) is 0 Å². The Bertz CT molecular complexity index is 806. The Labute approximate surface area is 123 Å². The van der Waals surface area contributed by atoms with Gasteiger partial charge in [0.1, 0.15) is 5.82 Å². The molecule has 1 heterocycles. The number of aromatic nitrogens is 1. The Kier molecular flexibility index (Phi) is 3.73. The zero-order chi connectivity index (χ0) is 14.7. The monoisotopic (exact) mass is 278 g/mol. The van der Waals surface area contributed by atoms with Gasteiger partial charge in [0.25, 0.3) is 5.56 Å². The van der Waals surface area contributed by atoms with Gasteiger partial charge in [-0.05, 0) is 35.9 Å². The predicted molar refractivity (Wildman–Crippen MR) is 87.4 cm³/mol. The topological polar surface area (TPSA) is 48.0 Å². The van der Waals surface area contributed by atoms with Gasteiger partial charge in [0.05, 0.1) is 0 Å². The number of nitrogens with two attached hydrogens (primary N) is 1. The molecule has 0 aliphatic heterocycles. The van der Waals surface area contributed by atoms with Crippen LogP contribution in [0.5, 0.6) is 0 Å². The Hall–Kier alpha value is -2.55. The van der Waals surface area contributed by atoms with E-state index in [0.717, 1.165) is 23.6 Å². The van der Waals surface area contributed by atoms with Crippen LogP contribution in [0.25, 0.3) is 10.8 Å². The molecule has 0 unspecified atom stereocenters. The summed E-state index contributed by atoms with van der Waals surface area (Å²) >= 11 is 0. The molecule has 0 aliphatic rings. The van der Waals surface area contributed by atoms with E-state index in [9.17, 15) is 4.79 Å². The normalized spacial score (nSPS) is 10.9. The molecule has 0 fully saturated rings. The Morgan fingerprint density at radius 3 is 2.48 bits per heavy atom. The predicted octanol–water partition coefficient (Wildman–Crippen LogP) is 3.22. The van der Waals surface area contributed by atoms with Crippen LogP contribution in [0.3, 0.4) is 0 Å². The van der Waals surface area contributed by atoms with Gasteiger partial charge in [-0.1, -0.05) is 48.5 Å². The summed E-state index contributed by atoms with van der Waals surface area (Å²) in [5.74, 6) is 0.534. The van der Waals surface area contributed by atoms with E-state index in [2.05, 4.69) is 12.1 Å². The number of rotatable bonds is 4. The molecule has 3 aromatic rings. The van der Waals surface area contributed by atoms with Crippen molar-refractivity contribution in [3.8, 4) is 0 Å². The average molecular weight is 278 g/mol. The van der Waals surface area contributed by atoms with Crippen molar-refractivity contribution in [3.05, 3.63) is 76.6 Å². The van der Waals surface area contributed by atoms with Gasteiger partial charge in [0, 0.05) is 11.9 Å².